The molecule has 0 saturated carbocycles. The monoisotopic (exact) mass is 321 g/mol. The average molecular weight is 321 g/mol. The maximum Gasteiger partial charge on any atom is 0.348 e. The first-order valence-electron chi connectivity index (χ1n) is 6.10. The molecule has 0 saturated heterocycles. The highest BCUT2D eigenvalue weighted by Gasteiger charge is 2.29. The normalized spacial score (nSPS) is 11.7. The van der Waals surface area contributed by atoms with E-state index in [0.717, 1.165) is 0 Å². The molecule has 1 atom stereocenters. The first-order chi connectivity index (χ1) is 10.4. The Hall–Kier alpha value is -2.81. The van der Waals surface area contributed by atoms with Gasteiger partial charge in [0.25, 0.3) is 0 Å². The smallest absolute Gasteiger partial charge is 0.348 e. The van der Waals surface area contributed by atoms with Gasteiger partial charge in [0.05, 0.1) is 4.92 Å². The predicted molar refractivity (Wildman–Crippen MR) is 79.0 cm³/mol. The number of carbonyl (C=O) groups is 2. The van der Waals surface area contributed by atoms with Crippen LogP contribution in [-0.2, 0) is 9.59 Å². The summed E-state index contributed by atoms with van der Waals surface area (Å²) in [6.45, 7) is 1.44. The fraction of sp³-hybridized carbons (Fsp3) is 0.154. The van der Waals surface area contributed by atoms with Crippen molar-refractivity contribution in [2.24, 2.45) is 0 Å². The van der Waals surface area contributed by atoms with Crippen LogP contribution in [0.25, 0.3) is 0 Å². The van der Waals surface area contributed by atoms with Crippen molar-refractivity contribution in [2.45, 2.75) is 12.8 Å². The third-order valence-corrected chi connectivity index (χ3v) is 3.83. The lowest BCUT2D eigenvalue weighted by molar-refractivity contribution is -0.380. The van der Waals surface area contributed by atoms with Crippen LogP contribution in [0.5, 0.6) is 0 Å². The minimum atomic E-state index is -1.41. The number of amides is 1. The third kappa shape index (κ3) is 3.26. The molecule has 1 amide bonds. The van der Waals surface area contributed by atoms with Gasteiger partial charge >= 0.3 is 11.0 Å². The van der Waals surface area contributed by atoms with Crippen molar-refractivity contribution < 1.29 is 19.6 Å². The number of aryl methyl sites for hydroxylation is 1. The predicted octanol–water partition coefficient (Wildman–Crippen LogP) is 2.17. The van der Waals surface area contributed by atoms with E-state index in [0.29, 0.717) is 16.9 Å². The summed E-state index contributed by atoms with van der Waals surface area (Å²) in [6, 6.07) is 7.99. The molecular weight excluding hydrogens is 310 g/mol. The van der Waals surface area contributed by atoms with E-state index in [1.807, 2.05) is 0 Å². The van der Waals surface area contributed by atoms with Crippen molar-refractivity contribution in [3.05, 3.63) is 51.7 Å². The van der Waals surface area contributed by atoms with E-state index in [1.165, 1.54) is 19.1 Å². The molecule has 9 heteroatoms. The molecule has 0 fully saturated rings. The Morgan fingerprint density at radius 3 is 2.50 bits per heavy atom. The first kappa shape index (κ1) is 15.6. The van der Waals surface area contributed by atoms with E-state index in [1.54, 1.807) is 18.2 Å². The Morgan fingerprint density at radius 1 is 1.36 bits per heavy atom. The zero-order valence-electron chi connectivity index (χ0n) is 11.3. The number of nitrogens with zero attached hydrogens (tertiary/aromatic N) is 2. The maximum atomic E-state index is 12.1. The summed E-state index contributed by atoms with van der Waals surface area (Å²) in [5, 5.41) is 22.1. The highest BCUT2D eigenvalue weighted by molar-refractivity contribution is 7.19. The lowest BCUT2D eigenvalue weighted by atomic mass is 9.99. The zero-order chi connectivity index (χ0) is 16.3. The van der Waals surface area contributed by atoms with Crippen LogP contribution >= 0.6 is 11.3 Å². The second-order valence-corrected chi connectivity index (χ2v) is 5.32. The van der Waals surface area contributed by atoms with Crippen LogP contribution in [-0.4, -0.2) is 26.9 Å². The van der Waals surface area contributed by atoms with E-state index in [9.17, 15) is 24.8 Å². The minimum absolute atomic E-state index is 0.00335. The van der Waals surface area contributed by atoms with Gasteiger partial charge < -0.3 is 10.4 Å². The number of nitro groups is 1. The van der Waals surface area contributed by atoms with Crippen molar-refractivity contribution in [2.75, 3.05) is 5.32 Å². The molecule has 0 spiro atoms. The SMILES string of the molecule is Cc1nc(NC(=O)C(C(=O)O)c2ccccc2)sc1[N+](=O)[O-]. The molecule has 0 aliphatic heterocycles. The van der Waals surface area contributed by atoms with Gasteiger partial charge in [-0.15, -0.1) is 0 Å². The second-order valence-electron chi connectivity index (χ2n) is 4.34. The van der Waals surface area contributed by atoms with Crippen molar-refractivity contribution in [1.82, 2.24) is 4.98 Å². The Bertz CT molecular complexity index is 729. The molecule has 1 unspecified atom stereocenters. The van der Waals surface area contributed by atoms with E-state index in [2.05, 4.69) is 10.3 Å². The third-order valence-electron chi connectivity index (χ3n) is 2.81. The van der Waals surface area contributed by atoms with Crippen LogP contribution in [0.2, 0.25) is 0 Å². The van der Waals surface area contributed by atoms with Crippen LogP contribution < -0.4 is 5.32 Å². The molecule has 22 heavy (non-hydrogen) atoms. The van der Waals surface area contributed by atoms with Crippen LogP contribution in [0.3, 0.4) is 0 Å². The maximum absolute atomic E-state index is 12.1. The van der Waals surface area contributed by atoms with Gasteiger partial charge in [-0.05, 0) is 23.8 Å². The van der Waals surface area contributed by atoms with Gasteiger partial charge in [0.15, 0.2) is 11.0 Å². The molecule has 1 heterocycles. The van der Waals surface area contributed by atoms with Crippen LogP contribution in [0.1, 0.15) is 17.2 Å². The van der Waals surface area contributed by atoms with Crippen molar-refractivity contribution >= 4 is 33.3 Å². The number of hydrogen-bond acceptors (Lipinski definition) is 6. The Labute approximate surface area is 128 Å². The lowest BCUT2D eigenvalue weighted by Crippen LogP contribution is -2.27. The molecule has 2 N–H and O–H groups in total. The number of carboxylic acid groups (broad SMARTS) is 1. The first-order valence-corrected chi connectivity index (χ1v) is 6.92. The molecule has 2 aromatic rings. The summed E-state index contributed by atoms with van der Waals surface area (Å²) in [7, 11) is 0. The molecule has 0 bridgehead atoms. The molecule has 0 radical (unpaired) electrons. The molecule has 1 aromatic carbocycles. The number of benzene rings is 1. The topological polar surface area (TPSA) is 122 Å². The molecule has 2 rings (SSSR count). The van der Waals surface area contributed by atoms with Gasteiger partial charge in [0, 0.05) is 0 Å². The van der Waals surface area contributed by atoms with E-state index in [4.69, 9.17) is 0 Å². The second kappa shape index (κ2) is 6.31. The van der Waals surface area contributed by atoms with Gasteiger partial charge in [-0.3, -0.25) is 19.7 Å². The summed E-state index contributed by atoms with van der Waals surface area (Å²) in [4.78, 5) is 37.5. The Kier molecular flexibility index (Phi) is 4.47. The number of aliphatic carboxylic acids is 1. The molecule has 114 valence electrons. The van der Waals surface area contributed by atoms with Crippen LogP contribution in [0.4, 0.5) is 10.1 Å². The molecule has 0 aliphatic carbocycles. The van der Waals surface area contributed by atoms with E-state index >= 15 is 0 Å². The number of carboxylic acids is 1. The molecular formula is C13H11N3O5S. The Balaban J connectivity index is 2.24. The number of aromatic nitrogens is 1. The highest BCUT2D eigenvalue weighted by atomic mass is 32.1. The number of hydrogen-bond donors (Lipinski definition) is 2. The lowest BCUT2D eigenvalue weighted by Gasteiger charge is -2.11. The standard InChI is InChI=1S/C13H11N3O5S/c1-7-11(16(20)21)22-13(14-7)15-10(17)9(12(18)19)8-5-3-2-4-6-8/h2-6,9H,1H3,(H,18,19)(H,14,15,17). The fourth-order valence-electron chi connectivity index (χ4n) is 1.84. The number of rotatable bonds is 5. The average Bonchev–Trinajstić information content (AvgIpc) is 2.80. The van der Waals surface area contributed by atoms with Crippen LogP contribution in [0, 0.1) is 17.0 Å². The van der Waals surface area contributed by atoms with Gasteiger partial charge in [0.2, 0.25) is 5.91 Å². The van der Waals surface area contributed by atoms with Crippen molar-refractivity contribution in [3.8, 4) is 0 Å². The summed E-state index contributed by atoms with van der Waals surface area (Å²) in [5.74, 6) is -3.53. The molecule has 1 aromatic heterocycles. The van der Waals surface area contributed by atoms with Gasteiger partial charge in [-0.25, -0.2) is 4.98 Å². The minimum Gasteiger partial charge on any atom is -0.480 e. The number of thiazole rings is 1. The van der Waals surface area contributed by atoms with Gasteiger partial charge in [-0.1, -0.05) is 30.3 Å². The Morgan fingerprint density at radius 2 is 2.00 bits per heavy atom. The quantitative estimate of drug-likeness (QED) is 0.494. The summed E-state index contributed by atoms with van der Waals surface area (Å²) in [6.07, 6.45) is 0. The van der Waals surface area contributed by atoms with Crippen molar-refractivity contribution in [1.29, 1.82) is 0 Å². The van der Waals surface area contributed by atoms with E-state index < -0.39 is 22.7 Å². The fourth-order valence-corrected chi connectivity index (χ4v) is 2.63. The van der Waals surface area contributed by atoms with Crippen LogP contribution in [0.15, 0.2) is 30.3 Å². The number of carbonyl (C=O) groups excluding carboxylic acids is 1. The zero-order valence-corrected chi connectivity index (χ0v) is 12.2. The summed E-state index contributed by atoms with van der Waals surface area (Å²) in [5.41, 5.74) is 0.479. The number of anilines is 1. The number of nitrogens with one attached hydrogen (secondary N) is 1. The van der Waals surface area contributed by atoms with E-state index in [-0.39, 0.29) is 15.8 Å². The summed E-state index contributed by atoms with van der Waals surface area (Å²) >= 11 is 0.685. The van der Waals surface area contributed by atoms with Gasteiger partial charge in [0.1, 0.15) is 5.69 Å². The summed E-state index contributed by atoms with van der Waals surface area (Å²) < 4.78 is 0. The largest absolute Gasteiger partial charge is 0.480 e. The van der Waals surface area contributed by atoms with Gasteiger partial charge in [-0.2, -0.15) is 0 Å². The molecule has 8 nitrogen and oxygen atoms in total. The highest BCUT2D eigenvalue weighted by Crippen LogP contribution is 2.30. The molecule has 0 aliphatic rings. The van der Waals surface area contributed by atoms with Crippen molar-refractivity contribution in [3.63, 3.8) is 0 Å².